The van der Waals surface area contributed by atoms with Gasteiger partial charge in [0.15, 0.2) is 10.9 Å². The first-order valence-electron chi connectivity index (χ1n) is 9.00. The second-order valence-electron chi connectivity index (χ2n) is 6.92. The number of thioether (sulfide) groups is 1. The number of nitrogens with zero attached hydrogens (tertiary/aromatic N) is 1. The fourth-order valence-corrected chi connectivity index (χ4v) is 4.52. The van der Waals surface area contributed by atoms with Crippen LogP contribution in [0.2, 0.25) is 0 Å². The van der Waals surface area contributed by atoms with Crippen molar-refractivity contribution >= 4 is 35.1 Å². The molecule has 1 saturated heterocycles. The number of carbonyl (C=O) groups is 2. The number of aliphatic hydroxyl groups is 1. The predicted molar refractivity (Wildman–Crippen MR) is 108 cm³/mol. The van der Waals surface area contributed by atoms with E-state index >= 15 is 0 Å². The molecule has 3 rings (SSSR count). The lowest BCUT2D eigenvalue weighted by Crippen LogP contribution is -2.43. The zero-order chi connectivity index (χ0) is 18.7. The molecule has 148 valence electrons. The van der Waals surface area contributed by atoms with Crippen LogP contribution in [0.15, 0.2) is 35.9 Å². The zero-order valence-electron chi connectivity index (χ0n) is 15.3. The van der Waals surface area contributed by atoms with Crippen molar-refractivity contribution in [2.45, 2.75) is 37.5 Å². The van der Waals surface area contributed by atoms with Gasteiger partial charge < -0.3 is 5.11 Å². The number of carbonyl (C=O) groups excluding carboxylic acids is 2. The number of piperidine rings is 1. The van der Waals surface area contributed by atoms with E-state index in [0.717, 1.165) is 18.4 Å². The van der Waals surface area contributed by atoms with Crippen LogP contribution in [0.5, 0.6) is 0 Å². The van der Waals surface area contributed by atoms with Gasteiger partial charge in [-0.25, -0.2) is 4.39 Å². The minimum absolute atomic E-state index is 0. The van der Waals surface area contributed by atoms with Crippen LogP contribution in [0.4, 0.5) is 4.39 Å². The van der Waals surface area contributed by atoms with Gasteiger partial charge in [0.1, 0.15) is 5.82 Å². The van der Waals surface area contributed by atoms with Crippen LogP contribution in [0, 0.1) is 11.7 Å². The van der Waals surface area contributed by atoms with E-state index in [4.69, 9.17) is 0 Å². The Morgan fingerprint density at radius 2 is 2.04 bits per heavy atom. The molecule has 4 nitrogen and oxygen atoms in total. The maximum Gasteiger partial charge on any atom is 0.186 e. The van der Waals surface area contributed by atoms with E-state index in [0.29, 0.717) is 25.1 Å². The Labute approximate surface area is 169 Å². The highest BCUT2D eigenvalue weighted by molar-refractivity contribution is 8.14. The summed E-state index contributed by atoms with van der Waals surface area (Å²) in [7, 11) is 0. The van der Waals surface area contributed by atoms with Gasteiger partial charge in [-0.15, -0.1) is 12.4 Å². The van der Waals surface area contributed by atoms with Gasteiger partial charge in [-0.1, -0.05) is 36.0 Å². The molecule has 2 atom stereocenters. The Bertz CT molecular complexity index is 723. The molecule has 0 amide bonds. The van der Waals surface area contributed by atoms with Gasteiger partial charge in [-0.2, -0.15) is 0 Å². The number of rotatable bonds is 6. The normalized spacial score (nSPS) is 22.9. The van der Waals surface area contributed by atoms with E-state index in [-0.39, 0.29) is 46.9 Å². The predicted octanol–water partition coefficient (Wildman–Crippen LogP) is 3.54. The van der Waals surface area contributed by atoms with Crippen LogP contribution in [-0.4, -0.2) is 45.9 Å². The summed E-state index contributed by atoms with van der Waals surface area (Å²) in [6.07, 6.45) is 4.16. The first-order valence-corrected chi connectivity index (χ1v) is 9.88. The van der Waals surface area contributed by atoms with Crippen LogP contribution >= 0.6 is 24.2 Å². The third-order valence-electron chi connectivity index (χ3n) is 4.95. The topological polar surface area (TPSA) is 57.6 Å². The van der Waals surface area contributed by atoms with Crippen LogP contribution in [0.1, 0.15) is 37.8 Å². The van der Waals surface area contributed by atoms with Crippen molar-refractivity contribution in [1.29, 1.82) is 0 Å². The molecular weight excluding hydrogens is 389 g/mol. The third-order valence-corrected chi connectivity index (χ3v) is 6.11. The highest BCUT2D eigenvalue weighted by Gasteiger charge is 2.41. The van der Waals surface area contributed by atoms with Crippen molar-refractivity contribution in [1.82, 2.24) is 4.90 Å². The summed E-state index contributed by atoms with van der Waals surface area (Å²) in [6, 6.07) is 5.87. The second kappa shape index (κ2) is 9.82. The largest absolute Gasteiger partial charge is 0.392 e. The molecule has 0 spiro atoms. The van der Waals surface area contributed by atoms with E-state index < -0.39 is 6.04 Å². The lowest BCUT2D eigenvalue weighted by molar-refractivity contribution is -0.126. The van der Waals surface area contributed by atoms with E-state index in [2.05, 4.69) is 0 Å². The van der Waals surface area contributed by atoms with E-state index in [1.54, 1.807) is 24.3 Å². The van der Waals surface area contributed by atoms with Gasteiger partial charge in [0.2, 0.25) is 0 Å². The summed E-state index contributed by atoms with van der Waals surface area (Å²) >= 11 is 1.26. The summed E-state index contributed by atoms with van der Waals surface area (Å²) < 4.78 is 14.5. The van der Waals surface area contributed by atoms with Crippen LogP contribution in [0.25, 0.3) is 0 Å². The lowest BCUT2D eigenvalue weighted by atomic mass is 9.93. The quantitative estimate of drug-likeness (QED) is 0.723. The Balaban J connectivity index is 0.00000261. The molecule has 27 heavy (non-hydrogen) atoms. The molecule has 1 N–H and O–H groups in total. The van der Waals surface area contributed by atoms with E-state index in [9.17, 15) is 19.1 Å². The van der Waals surface area contributed by atoms with E-state index in [1.165, 1.54) is 24.8 Å². The van der Waals surface area contributed by atoms with Crippen LogP contribution in [0.3, 0.4) is 0 Å². The molecular formula is C20H25ClFNO3S. The number of aliphatic hydroxyl groups excluding tert-OH is 1. The number of benzene rings is 1. The Hall–Kier alpha value is -1.21. The molecule has 1 aromatic carbocycles. The number of halogens is 2. The van der Waals surface area contributed by atoms with Gasteiger partial charge in [-0.05, 0) is 30.9 Å². The molecule has 0 bridgehead atoms. The van der Waals surface area contributed by atoms with Crippen molar-refractivity contribution in [3.8, 4) is 0 Å². The van der Waals surface area contributed by atoms with Crippen molar-refractivity contribution in [3.05, 3.63) is 47.3 Å². The summed E-state index contributed by atoms with van der Waals surface area (Å²) in [5.41, 5.74) is 1.36. The smallest absolute Gasteiger partial charge is 0.186 e. The summed E-state index contributed by atoms with van der Waals surface area (Å²) in [4.78, 5) is 26.4. The molecule has 2 aliphatic rings. The van der Waals surface area contributed by atoms with Gasteiger partial charge in [0.05, 0.1) is 12.6 Å². The standard InChI is InChI=1S/C20H24FNO3S.ClH/c1-13(24)26-18-8-10-22(12-15(18)9-11-23)19(20(25)14-6-7-14)16-4-2-3-5-17(16)21;/h2-5,9,14,18-19,23H,6-8,10-12H2,1H3;1H/b15-9+;/t18-,19?;/m1./s1. The zero-order valence-corrected chi connectivity index (χ0v) is 16.9. The fraction of sp³-hybridized carbons (Fsp3) is 0.500. The average molecular weight is 414 g/mol. The highest BCUT2D eigenvalue weighted by Crippen LogP contribution is 2.40. The van der Waals surface area contributed by atoms with Crippen molar-refractivity contribution in [2.24, 2.45) is 5.92 Å². The molecule has 2 fully saturated rings. The number of Topliss-reactive ketones (excluding diaryl/α,β-unsaturated/α-hetero) is 1. The summed E-state index contributed by atoms with van der Waals surface area (Å²) in [6.45, 7) is 2.50. The molecule has 1 unspecified atom stereocenters. The molecule has 1 aliphatic carbocycles. The molecule has 1 heterocycles. The fourth-order valence-electron chi connectivity index (χ4n) is 3.57. The monoisotopic (exact) mass is 413 g/mol. The maximum absolute atomic E-state index is 14.5. The summed E-state index contributed by atoms with van der Waals surface area (Å²) in [5.74, 6) is -0.260. The number of hydrogen-bond donors (Lipinski definition) is 1. The Morgan fingerprint density at radius 3 is 2.63 bits per heavy atom. The maximum atomic E-state index is 14.5. The van der Waals surface area contributed by atoms with Gasteiger partial charge >= 0.3 is 0 Å². The molecule has 1 aliphatic heterocycles. The van der Waals surface area contributed by atoms with Gasteiger partial charge in [0.25, 0.3) is 0 Å². The van der Waals surface area contributed by atoms with Gasteiger partial charge in [-0.3, -0.25) is 14.5 Å². The average Bonchev–Trinajstić information content (AvgIpc) is 3.44. The highest BCUT2D eigenvalue weighted by atomic mass is 35.5. The SMILES string of the molecule is CC(=O)S[C@@H]1CCN(C(C(=O)C2CC2)c2ccccc2F)C/C1=C\CO.Cl. The van der Waals surface area contributed by atoms with Crippen LogP contribution < -0.4 is 0 Å². The number of ketones is 1. The molecule has 1 aromatic rings. The van der Waals surface area contributed by atoms with Crippen LogP contribution in [-0.2, 0) is 9.59 Å². The third kappa shape index (κ3) is 5.41. The Kier molecular flexibility index (Phi) is 8.04. The minimum Gasteiger partial charge on any atom is -0.392 e. The Morgan fingerprint density at radius 1 is 1.33 bits per heavy atom. The summed E-state index contributed by atoms with van der Waals surface area (Å²) in [5, 5.41) is 9.39. The molecule has 0 radical (unpaired) electrons. The first kappa shape index (κ1) is 22.1. The van der Waals surface area contributed by atoms with Crippen molar-refractivity contribution in [2.75, 3.05) is 19.7 Å². The molecule has 1 saturated carbocycles. The van der Waals surface area contributed by atoms with Crippen molar-refractivity contribution in [3.63, 3.8) is 0 Å². The van der Waals surface area contributed by atoms with E-state index in [1.807, 2.05) is 4.90 Å². The molecule has 7 heteroatoms. The van der Waals surface area contributed by atoms with Crippen molar-refractivity contribution < 1.29 is 19.1 Å². The number of hydrogen-bond acceptors (Lipinski definition) is 5. The minimum atomic E-state index is -0.603. The van der Waals surface area contributed by atoms with Gasteiger partial charge in [0, 0.05) is 36.7 Å². The molecule has 0 aromatic heterocycles. The lowest BCUT2D eigenvalue weighted by Gasteiger charge is -2.38. The second-order valence-corrected chi connectivity index (χ2v) is 8.30. The first-order chi connectivity index (χ1) is 12.5. The number of likely N-dealkylation sites (tertiary alicyclic amines) is 1.